The molecule has 140 valence electrons. The highest BCUT2D eigenvalue weighted by Crippen LogP contribution is 2.32. The molecule has 1 heterocycles. The van der Waals surface area contributed by atoms with E-state index in [1.54, 1.807) is 25.6 Å². The van der Waals surface area contributed by atoms with E-state index < -0.39 is 0 Å². The van der Waals surface area contributed by atoms with Crippen molar-refractivity contribution in [2.24, 2.45) is 0 Å². The Morgan fingerprint density at radius 3 is 2.52 bits per heavy atom. The molecule has 3 rings (SSSR count). The molecule has 6 heteroatoms. The Hall–Kier alpha value is -2.86. The SMILES string of the molecule is COc1ccccc1CNC(=O)CCc1csc(-c2ccccc2OC)n1. The molecule has 0 atom stereocenters. The van der Waals surface area contributed by atoms with Gasteiger partial charge in [0.2, 0.25) is 5.91 Å². The lowest BCUT2D eigenvalue weighted by Crippen LogP contribution is -2.23. The number of aromatic nitrogens is 1. The van der Waals surface area contributed by atoms with Gasteiger partial charge >= 0.3 is 0 Å². The van der Waals surface area contributed by atoms with Crippen LogP contribution in [0.5, 0.6) is 11.5 Å². The van der Waals surface area contributed by atoms with Crippen LogP contribution in [0.2, 0.25) is 0 Å². The lowest BCUT2D eigenvalue weighted by Gasteiger charge is -2.09. The van der Waals surface area contributed by atoms with Gasteiger partial charge in [-0.05, 0) is 24.6 Å². The third-order valence-corrected chi connectivity index (χ3v) is 5.09. The summed E-state index contributed by atoms with van der Waals surface area (Å²) in [7, 11) is 3.28. The molecule has 0 spiro atoms. The molecule has 0 aliphatic carbocycles. The average molecular weight is 382 g/mol. The average Bonchev–Trinajstić information content (AvgIpc) is 3.19. The number of ether oxygens (including phenoxy) is 2. The number of aryl methyl sites for hydroxylation is 1. The number of para-hydroxylation sites is 2. The minimum atomic E-state index is -0.00672. The third-order valence-electron chi connectivity index (χ3n) is 4.17. The number of methoxy groups -OCH3 is 2. The summed E-state index contributed by atoms with van der Waals surface area (Å²) in [6, 6.07) is 15.5. The highest BCUT2D eigenvalue weighted by Gasteiger charge is 2.11. The van der Waals surface area contributed by atoms with E-state index in [0.717, 1.165) is 33.3 Å². The van der Waals surface area contributed by atoms with Gasteiger partial charge in [-0.1, -0.05) is 30.3 Å². The Morgan fingerprint density at radius 1 is 1.04 bits per heavy atom. The molecule has 5 nitrogen and oxygen atoms in total. The zero-order valence-corrected chi connectivity index (χ0v) is 16.2. The summed E-state index contributed by atoms with van der Waals surface area (Å²) in [6.45, 7) is 0.451. The number of amides is 1. The molecule has 3 aromatic rings. The van der Waals surface area contributed by atoms with Crippen LogP contribution in [0.15, 0.2) is 53.9 Å². The van der Waals surface area contributed by atoms with Gasteiger partial charge in [0.1, 0.15) is 16.5 Å². The molecule has 1 amide bonds. The van der Waals surface area contributed by atoms with Crippen LogP contribution in [0.3, 0.4) is 0 Å². The molecule has 0 saturated carbocycles. The van der Waals surface area contributed by atoms with E-state index >= 15 is 0 Å². The highest BCUT2D eigenvalue weighted by atomic mass is 32.1. The maximum absolute atomic E-state index is 12.2. The number of nitrogens with zero attached hydrogens (tertiary/aromatic N) is 1. The molecule has 2 aromatic carbocycles. The van der Waals surface area contributed by atoms with E-state index in [9.17, 15) is 4.79 Å². The van der Waals surface area contributed by atoms with E-state index in [0.29, 0.717) is 19.4 Å². The normalized spacial score (nSPS) is 10.4. The Bertz CT molecular complexity index is 908. The Balaban J connectivity index is 1.55. The second-order valence-electron chi connectivity index (χ2n) is 5.93. The topological polar surface area (TPSA) is 60.5 Å². The number of benzene rings is 2. The summed E-state index contributed by atoms with van der Waals surface area (Å²) < 4.78 is 10.7. The summed E-state index contributed by atoms with van der Waals surface area (Å²) in [5.74, 6) is 1.57. The van der Waals surface area contributed by atoms with E-state index in [1.807, 2.05) is 53.9 Å². The molecule has 0 aliphatic rings. The van der Waals surface area contributed by atoms with E-state index in [4.69, 9.17) is 9.47 Å². The van der Waals surface area contributed by atoms with Crippen LogP contribution < -0.4 is 14.8 Å². The summed E-state index contributed by atoms with van der Waals surface area (Å²) in [4.78, 5) is 16.8. The predicted octanol–water partition coefficient (Wildman–Crippen LogP) is 4.08. The number of thiazole rings is 1. The second-order valence-corrected chi connectivity index (χ2v) is 6.79. The van der Waals surface area contributed by atoms with Gasteiger partial charge in [-0.15, -0.1) is 11.3 Å². The summed E-state index contributed by atoms with van der Waals surface area (Å²) >= 11 is 1.56. The Labute approximate surface area is 163 Å². The quantitative estimate of drug-likeness (QED) is 0.638. The van der Waals surface area contributed by atoms with Crippen LogP contribution >= 0.6 is 11.3 Å². The lowest BCUT2D eigenvalue weighted by molar-refractivity contribution is -0.121. The summed E-state index contributed by atoms with van der Waals surface area (Å²) in [5, 5.41) is 5.83. The van der Waals surface area contributed by atoms with Crippen molar-refractivity contribution in [2.45, 2.75) is 19.4 Å². The lowest BCUT2D eigenvalue weighted by atomic mass is 10.2. The predicted molar refractivity (Wildman–Crippen MR) is 107 cm³/mol. The minimum absolute atomic E-state index is 0.00672. The number of rotatable bonds is 8. The van der Waals surface area contributed by atoms with Gasteiger partial charge in [-0.3, -0.25) is 4.79 Å². The van der Waals surface area contributed by atoms with Crippen molar-refractivity contribution in [3.63, 3.8) is 0 Å². The fourth-order valence-electron chi connectivity index (χ4n) is 2.74. The molecule has 0 bridgehead atoms. The molecule has 0 aliphatic heterocycles. The Kier molecular flexibility index (Phi) is 6.44. The molecular formula is C21H22N2O3S. The minimum Gasteiger partial charge on any atom is -0.496 e. The molecule has 0 radical (unpaired) electrons. The van der Waals surface area contributed by atoms with Crippen LogP contribution in [0.25, 0.3) is 10.6 Å². The molecule has 1 N–H and O–H groups in total. The van der Waals surface area contributed by atoms with Gasteiger partial charge in [0, 0.05) is 23.9 Å². The van der Waals surface area contributed by atoms with Crippen LogP contribution in [-0.4, -0.2) is 25.1 Å². The van der Waals surface area contributed by atoms with Crippen LogP contribution in [-0.2, 0) is 17.8 Å². The van der Waals surface area contributed by atoms with Crippen molar-refractivity contribution in [1.29, 1.82) is 0 Å². The first kappa shape index (κ1) is 18.9. The van der Waals surface area contributed by atoms with Gasteiger partial charge in [-0.25, -0.2) is 4.98 Å². The first-order valence-corrected chi connectivity index (χ1v) is 9.55. The van der Waals surface area contributed by atoms with Gasteiger partial charge in [-0.2, -0.15) is 0 Å². The second kappa shape index (κ2) is 9.19. The van der Waals surface area contributed by atoms with Crippen molar-refractivity contribution < 1.29 is 14.3 Å². The molecule has 0 unspecified atom stereocenters. The van der Waals surface area contributed by atoms with Gasteiger partial charge in [0.15, 0.2) is 0 Å². The smallest absolute Gasteiger partial charge is 0.220 e. The van der Waals surface area contributed by atoms with Crippen LogP contribution in [0, 0.1) is 0 Å². The first-order valence-electron chi connectivity index (χ1n) is 8.67. The standard InChI is InChI=1S/C21H22N2O3S/c1-25-18-9-5-3-7-15(18)13-22-20(24)12-11-16-14-27-21(23-16)17-8-4-6-10-19(17)26-2/h3-10,14H,11-13H2,1-2H3,(H,22,24). The molecule has 0 fully saturated rings. The number of hydrogen-bond acceptors (Lipinski definition) is 5. The number of hydrogen-bond donors (Lipinski definition) is 1. The zero-order chi connectivity index (χ0) is 19.1. The van der Waals surface area contributed by atoms with Crippen molar-refractivity contribution in [3.05, 3.63) is 65.2 Å². The largest absolute Gasteiger partial charge is 0.496 e. The number of nitrogens with one attached hydrogen (secondary N) is 1. The zero-order valence-electron chi connectivity index (χ0n) is 15.4. The van der Waals surface area contributed by atoms with E-state index in [2.05, 4.69) is 10.3 Å². The molecule has 1 aromatic heterocycles. The number of carbonyl (C=O) groups is 1. The van der Waals surface area contributed by atoms with Crippen molar-refractivity contribution in [1.82, 2.24) is 10.3 Å². The van der Waals surface area contributed by atoms with E-state index in [1.165, 1.54) is 0 Å². The van der Waals surface area contributed by atoms with Gasteiger partial charge in [0.25, 0.3) is 0 Å². The van der Waals surface area contributed by atoms with Crippen LogP contribution in [0.4, 0.5) is 0 Å². The Morgan fingerprint density at radius 2 is 1.74 bits per heavy atom. The highest BCUT2D eigenvalue weighted by molar-refractivity contribution is 7.13. The van der Waals surface area contributed by atoms with Crippen LogP contribution in [0.1, 0.15) is 17.7 Å². The van der Waals surface area contributed by atoms with Crippen molar-refractivity contribution in [3.8, 4) is 22.1 Å². The number of carbonyl (C=O) groups excluding carboxylic acids is 1. The maximum atomic E-state index is 12.2. The monoisotopic (exact) mass is 382 g/mol. The fourth-order valence-corrected chi connectivity index (χ4v) is 3.62. The fraction of sp³-hybridized carbons (Fsp3) is 0.238. The van der Waals surface area contributed by atoms with E-state index in [-0.39, 0.29) is 5.91 Å². The third kappa shape index (κ3) is 4.86. The molecule has 27 heavy (non-hydrogen) atoms. The summed E-state index contributed by atoms with van der Waals surface area (Å²) in [5.41, 5.74) is 2.84. The van der Waals surface area contributed by atoms with Gasteiger partial charge < -0.3 is 14.8 Å². The molecule has 0 saturated heterocycles. The maximum Gasteiger partial charge on any atom is 0.220 e. The van der Waals surface area contributed by atoms with Crippen molar-refractivity contribution >= 4 is 17.2 Å². The van der Waals surface area contributed by atoms with Gasteiger partial charge in [0.05, 0.1) is 25.5 Å². The van der Waals surface area contributed by atoms with Crippen molar-refractivity contribution in [2.75, 3.05) is 14.2 Å². The first-order chi connectivity index (χ1) is 13.2. The molecular weight excluding hydrogens is 360 g/mol. The summed E-state index contributed by atoms with van der Waals surface area (Å²) in [6.07, 6.45) is 0.994.